The number of anilines is 1. The zero-order valence-electron chi connectivity index (χ0n) is 13.5. The smallest absolute Gasteiger partial charge is 0.227 e. The van der Waals surface area contributed by atoms with Gasteiger partial charge in [-0.15, -0.1) is 0 Å². The van der Waals surface area contributed by atoms with Crippen molar-refractivity contribution in [1.29, 1.82) is 0 Å². The number of amides is 1. The van der Waals surface area contributed by atoms with Gasteiger partial charge in [0.15, 0.2) is 0 Å². The van der Waals surface area contributed by atoms with Crippen LogP contribution in [0.15, 0.2) is 24.3 Å². The van der Waals surface area contributed by atoms with E-state index in [1.54, 1.807) is 0 Å². The van der Waals surface area contributed by atoms with Gasteiger partial charge in [0.2, 0.25) is 5.91 Å². The maximum Gasteiger partial charge on any atom is 0.227 e. The fraction of sp³-hybridized carbons (Fsp3) is 0.611. The molecule has 1 heterocycles. The minimum Gasteiger partial charge on any atom is -0.491 e. The third-order valence-electron chi connectivity index (χ3n) is 4.67. The van der Waals surface area contributed by atoms with Crippen LogP contribution in [-0.2, 0) is 9.53 Å². The summed E-state index contributed by atoms with van der Waals surface area (Å²) in [5.41, 5.74) is 6.76. The number of rotatable bonds is 5. The second-order valence-corrected chi connectivity index (χ2v) is 6.58. The Morgan fingerprint density at radius 3 is 2.74 bits per heavy atom. The average Bonchev–Trinajstić information content (AvgIpc) is 3.08. The summed E-state index contributed by atoms with van der Waals surface area (Å²) in [7, 11) is 0. The quantitative estimate of drug-likeness (QED) is 0.875. The number of nitrogens with two attached hydrogens (primary N) is 1. The maximum absolute atomic E-state index is 12.3. The van der Waals surface area contributed by atoms with Gasteiger partial charge in [-0.1, -0.05) is 6.42 Å². The van der Waals surface area contributed by atoms with Crippen LogP contribution in [0.1, 0.15) is 38.5 Å². The first-order valence-electron chi connectivity index (χ1n) is 8.61. The molecule has 1 amide bonds. The minimum atomic E-state index is 0.0363. The molecule has 23 heavy (non-hydrogen) atoms. The molecule has 3 rings (SSSR count). The average molecular weight is 318 g/mol. The van der Waals surface area contributed by atoms with Crippen molar-refractivity contribution in [3.8, 4) is 5.75 Å². The van der Waals surface area contributed by atoms with Gasteiger partial charge in [0.1, 0.15) is 12.4 Å². The molecule has 1 aromatic rings. The molecule has 0 bridgehead atoms. The van der Waals surface area contributed by atoms with Crippen molar-refractivity contribution >= 4 is 11.6 Å². The Bertz CT molecular complexity index is 512. The van der Waals surface area contributed by atoms with E-state index in [-0.39, 0.29) is 24.0 Å². The lowest BCUT2D eigenvalue weighted by molar-refractivity contribution is -0.120. The number of benzene rings is 1. The molecule has 1 aliphatic carbocycles. The molecular formula is C18H26N2O3. The van der Waals surface area contributed by atoms with Gasteiger partial charge >= 0.3 is 0 Å². The Labute approximate surface area is 137 Å². The molecular weight excluding hydrogens is 292 g/mol. The van der Waals surface area contributed by atoms with Crippen molar-refractivity contribution < 1.29 is 14.3 Å². The van der Waals surface area contributed by atoms with Gasteiger partial charge in [0.05, 0.1) is 6.10 Å². The molecule has 126 valence electrons. The Hall–Kier alpha value is -1.59. The van der Waals surface area contributed by atoms with E-state index in [0.29, 0.717) is 6.61 Å². The highest BCUT2D eigenvalue weighted by Crippen LogP contribution is 2.25. The van der Waals surface area contributed by atoms with E-state index < -0.39 is 0 Å². The topological polar surface area (TPSA) is 73.6 Å². The predicted molar refractivity (Wildman–Crippen MR) is 89.5 cm³/mol. The second-order valence-electron chi connectivity index (χ2n) is 6.58. The monoisotopic (exact) mass is 318 g/mol. The third-order valence-corrected chi connectivity index (χ3v) is 4.67. The van der Waals surface area contributed by atoms with E-state index in [1.165, 1.54) is 0 Å². The fourth-order valence-electron chi connectivity index (χ4n) is 3.31. The van der Waals surface area contributed by atoms with Crippen LogP contribution < -0.4 is 15.8 Å². The SMILES string of the molecule is NC1CCCC(C(=O)Nc2ccc(OCC3CCCO3)cc2)C1. The van der Waals surface area contributed by atoms with Crippen LogP contribution in [0, 0.1) is 5.92 Å². The van der Waals surface area contributed by atoms with Crippen molar-refractivity contribution in [3.05, 3.63) is 24.3 Å². The molecule has 2 aliphatic rings. The predicted octanol–water partition coefficient (Wildman–Crippen LogP) is 2.70. The van der Waals surface area contributed by atoms with Gasteiger partial charge in [-0.2, -0.15) is 0 Å². The van der Waals surface area contributed by atoms with E-state index in [9.17, 15) is 4.79 Å². The van der Waals surface area contributed by atoms with Gasteiger partial charge in [-0.3, -0.25) is 4.79 Å². The first-order chi connectivity index (χ1) is 11.2. The number of hydrogen-bond donors (Lipinski definition) is 2. The molecule has 1 saturated carbocycles. The molecule has 5 nitrogen and oxygen atoms in total. The fourth-order valence-corrected chi connectivity index (χ4v) is 3.31. The van der Waals surface area contributed by atoms with Crippen molar-refractivity contribution in [2.45, 2.75) is 50.7 Å². The number of nitrogens with one attached hydrogen (secondary N) is 1. The van der Waals surface area contributed by atoms with Crippen LogP contribution in [0.4, 0.5) is 5.69 Å². The number of ether oxygens (including phenoxy) is 2. The summed E-state index contributed by atoms with van der Waals surface area (Å²) in [5, 5.41) is 2.98. The highest BCUT2D eigenvalue weighted by molar-refractivity contribution is 5.92. The summed E-state index contributed by atoms with van der Waals surface area (Å²) >= 11 is 0. The van der Waals surface area contributed by atoms with Crippen molar-refractivity contribution in [3.63, 3.8) is 0 Å². The van der Waals surface area contributed by atoms with Gasteiger partial charge in [0, 0.05) is 24.3 Å². The number of carbonyl (C=O) groups excluding carboxylic acids is 1. The van der Waals surface area contributed by atoms with Gasteiger partial charge in [-0.25, -0.2) is 0 Å². The van der Waals surface area contributed by atoms with Crippen molar-refractivity contribution in [1.82, 2.24) is 0 Å². The zero-order valence-corrected chi connectivity index (χ0v) is 13.5. The second kappa shape index (κ2) is 7.79. The first kappa shape index (κ1) is 16.3. The Kier molecular flexibility index (Phi) is 5.51. The summed E-state index contributed by atoms with van der Waals surface area (Å²) in [6, 6.07) is 7.69. The van der Waals surface area contributed by atoms with Crippen LogP contribution in [0.3, 0.4) is 0 Å². The number of hydrogen-bond acceptors (Lipinski definition) is 4. The third kappa shape index (κ3) is 4.69. The van der Waals surface area contributed by atoms with E-state index >= 15 is 0 Å². The molecule has 2 fully saturated rings. The maximum atomic E-state index is 12.3. The summed E-state index contributed by atoms with van der Waals surface area (Å²) in [6.45, 7) is 1.43. The van der Waals surface area contributed by atoms with E-state index in [2.05, 4.69) is 5.32 Å². The molecule has 0 spiro atoms. The van der Waals surface area contributed by atoms with E-state index in [1.807, 2.05) is 24.3 Å². The van der Waals surface area contributed by atoms with E-state index in [0.717, 1.165) is 56.6 Å². The summed E-state index contributed by atoms with van der Waals surface area (Å²) in [4.78, 5) is 12.3. The van der Waals surface area contributed by atoms with Crippen LogP contribution in [0.2, 0.25) is 0 Å². The first-order valence-corrected chi connectivity index (χ1v) is 8.61. The van der Waals surface area contributed by atoms with E-state index in [4.69, 9.17) is 15.2 Å². The Morgan fingerprint density at radius 1 is 1.22 bits per heavy atom. The molecule has 0 aromatic heterocycles. The highest BCUT2D eigenvalue weighted by Gasteiger charge is 2.25. The highest BCUT2D eigenvalue weighted by atomic mass is 16.5. The number of carbonyl (C=O) groups is 1. The summed E-state index contributed by atoms with van der Waals surface area (Å²) < 4.78 is 11.3. The van der Waals surface area contributed by atoms with Gasteiger partial charge in [0.25, 0.3) is 0 Å². The molecule has 1 saturated heterocycles. The van der Waals surface area contributed by atoms with Crippen LogP contribution in [0.25, 0.3) is 0 Å². The van der Waals surface area contributed by atoms with Crippen LogP contribution in [-0.4, -0.2) is 31.3 Å². The lowest BCUT2D eigenvalue weighted by atomic mass is 9.85. The van der Waals surface area contributed by atoms with Crippen molar-refractivity contribution in [2.24, 2.45) is 11.7 Å². The van der Waals surface area contributed by atoms with Gasteiger partial charge in [-0.05, 0) is 56.4 Å². The van der Waals surface area contributed by atoms with Gasteiger partial charge < -0.3 is 20.5 Å². The largest absolute Gasteiger partial charge is 0.491 e. The van der Waals surface area contributed by atoms with Crippen molar-refractivity contribution in [2.75, 3.05) is 18.5 Å². The summed E-state index contributed by atoms with van der Waals surface area (Å²) in [5.74, 6) is 0.917. The lowest BCUT2D eigenvalue weighted by Gasteiger charge is -2.25. The van der Waals surface area contributed by atoms with Crippen LogP contribution >= 0.6 is 0 Å². The molecule has 0 radical (unpaired) electrons. The molecule has 3 atom stereocenters. The Balaban J connectivity index is 1.47. The zero-order chi connectivity index (χ0) is 16.1. The standard InChI is InChI=1S/C18H26N2O3/c19-14-4-1-3-13(11-14)18(21)20-15-6-8-16(9-7-15)23-12-17-5-2-10-22-17/h6-9,13-14,17H,1-5,10-12,19H2,(H,20,21). The lowest BCUT2D eigenvalue weighted by Crippen LogP contribution is -2.34. The molecule has 3 unspecified atom stereocenters. The molecule has 5 heteroatoms. The minimum absolute atomic E-state index is 0.0363. The Morgan fingerprint density at radius 2 is 2.04 bits per heavy atom. The normalized spacial score (nSPS) is 27.6. The molecule has 3 N–H and O–H groups in total. The molecule has 1 aliphatic heterocycles. The molecule has 1 aromatic carbocycles. The van der Waals surface area contributed by atoms with Crippen LogP contribution in [0.5, 0.6) is 5.75 Å². The summed E-state index contributed by atoms with van der Waals surface area (Å²) in [6.07, 6.45) is 6.18.